The molecule has 0 amide bonds. The molecule has 0 bridgehead atoms. The molecule has 1 N–H and O–H groups in total. The van der Waals surface area contributed by atoms with Gasteiger partial charge >= 0.3 is 0 Å². The second-order valence-corrected chi connectivity index (χ2v) is 6.14. The summed E-state index contributed by atoms with van der Waals surface area (Å²) in [5.74, 6) is 0.760. The summed E-state index contributed by atoms with van der Waals surface area (Å²) in [6.07, 6.45) is 5.49. The molecule has 2 aliphatic rings. The van der Waals surface area contributed by atoms with Crippen molar-refractivity contribution in [3.05, 3.63) is 0 Å². The zero-order valence-electron chi connectivity index (χ0n) is 11.4. The van der Waals surface area contributed by atoms with Crippen LogP contribution < -0.4 is 5.32 Å². The second-order valence-electron chi connectivity index (χ2n) is 6.14. The van der Waals surface area contributed by atoms with Gasteiger partial charge < -0.3 is 5.32 Å². The second kappa shape index (κ2) is 5.05. The quantitative estimate of drug-likeness (QED) is 0.772. The van der Waals surface area contributed by atoms with Crippen molar-refractivity contribution in [3.63, 3.8) is 0 Å². The van der Waals surface area contributed by atoms with Gasteiger partial charge in [-0.15, -0.1) is 0 Å². The highest BCUT2D eigenvalue weighted by atomic mass is 15.3. The Labute approximate surface area is 101 Å². The fraction of sp³-hybridized carbons (Fsp3) is 1.00. The summed E-state index contributed by atoms with van der Waals surface area (Å²) in [7, 11) is 0. The summed E-state index contributed by atoms with van der Waals surface area (Å²) in [6, 6.07) is 3.18. The summed E-state index contributed by atoms with van der Waals surface area (Å²) in [4.78, 5) is 2.73. The Bertz CT molecular complexity index is 223. The van der Waals surface area contributed by atoms with Gasteiger partial charge in [-0.1, -0.05) is 20.8 Å². The molecular formula is C14H28N2. The molecule has 3 atom stereocenters. The number of rotatable bonds is 5. The molecule has 1 aliphatic carbocycles. The Morgan fingerprint density at radius 2 is 2.00 bits per heavy atom. The fourth-order valence-electron chi connectivity index (χ4n) is 3.18. The van der Waals surface area contributed by atoms with Crippen LogP contribution >= 0.6 is 0 Å². The van der Waals surface area contributed by atoms with Crippen molar-refractivity contribution in [1.82, 2.24) is 10.2 Å². The van der Waals surface area contributed by atoms with Gasteiger partial charge in [-0.2, -0.15) is 0 Å². The van der Waals surface area contributed by atoms with Gasteiger partial charge in [0.1, 0.15) is 0 Å². The zero-order chi connectivity index (χ0) is 11.7. The van der Waals surface area contributed by atoms with E-state index in [9.17, 15) is 0 Å². The summed E-state index contributed by atoms with van der Waals surface area (Å²) in [6.45, 7) is 10.6. The van der Waals surface area contributed by atoms with E-state index in [4.69, 9.17) is 0 Å². The highest BCUT2D eigenvalue weighted by Gasteiger charge is 2.39. The first-order valence-corrected chi connectivity index (χ1v) is 7.13. The number of likely N-dealkylation sites (tertiary alicyclic amines) is 1. The molecule has 0 radical (unpaired) electrons. The summed E-state index contributed by atoms with van der Waals surface area (Å²) in [5.41, 5.74) is 0. The van der Waals surface area contributed by atoms with Crippen molar-refractivity contribution >= 4 is 0 Å². The van der Waals surface area contributed by atoms with E-state index in [1.165, 1.54) is 32.2 Å². The number of nitrogens with one attached hydrogen (secondary N) is 1. The minimum Gasteiger partial charge on any atom is -0.310 e. The largest absolute Gasteiger partial charge is 0.310 e. The first kappa shape index (κ1) is 12.4. The molecule has 94 valence electrons. The summed E-state index contributed by atoms with van der Waals surface area (Å²) in [5, 5.41) is 3.87. The molecule has 3 unspecified atom stereocenters. The third kappa shape index (κ3) is 2.78. The van der Waals surface area contributed by atoms with Crippen molar-refractivity contribution in [1.29, 1.82) is 0 Å². The fourth-order valence-corrected chi connectivity index (χ4v) is 3.18. The lowest BCUT2D eigenvalue weighted by Gasteiger charge is -2.25. The van der Waals surface area contributed by atoms with Crippen LogP contribution in [0.15, 0.2) is 0 Å². The zero-order valence-corrected chi connectivity index (χ0v) is 11.4. The van der Waals surface area contributed by atoms with E-state index in [1.54, 1.807) is 0 Å². The van der Waals surface area contributed by atoms with Crippen molar-refractivity contribution in [3.8, 4) is 0 Å². The van der Waals surface area contributed by atoms with Gasteiger partial charge in [0.05, 0.1) is 0 Å². The minimum atomic E-state index is 0.705. The van der Waals surface area contributed by atoms with Gasteiger partial charge in [-0.05, 0) is 38.5 Å². The topological polar surface area (TPSA) is 15.3 Å². The normalized spacial score (nSPS) is 33.6. The highest BCUT2D eigenvalue weighted by Crippen LogP contribution is 2.33. The van der Waals surface area contributed by atoms with E-state index < -0.39 is 0 Å². The predicted molar refractivity (Wildman–Crippen MR) is 69.6 cm³/mol. The number of nitrogens with zero attached hydrogens (tertiary/aromatic N) is 1. The van der Waals surface area contributed by atoms with E-state index in [-0.39, 0.29) is 0 Å². The standard InChI is InChI=1S/C14H28N2/c1-5-14(10(2)3)15-12-8-11(4)16(9-12)13-6-7-13/h10-15H,5-9H2,1-4H3. The molecule has 1 saturated carbocycles. The first-order chi connectivity index (χ1) is 7.61. The van der Waals surface area contributed by atoms with Crippen LogP contribution in [0.1, 0.15) is 53.4 Å². The first-order valence-electron chi connectivity index (χ1n) is 7.13. The van der Waals surface area contributed by atoms with Crippen LogP contribution in [0.4, 0.5) is 0 Å². The average Bonchev–Trinajstić information content (AvgIpc) is 3.00. The Kier molecular flexibility index (Phi) is 3.91. The summed E-state index contributed by atoms with van der Waals surface area (Å²) < 4.78 is 0. The van der Waals surface area contributed by atoms with Crippen LogP contribution in [-0.2, 0) is 0 Å². The van der Waals surface area contributed by atoms with Crippen LogP contribution in [0, 0.1) is 5.92 Å². The lowest BCUT2D eigenvalue weighted by atomic mass is 10.0. The Hall–Kier alpha value is -0.0800. The van der Waals surface area contributed by atoms with Crippen LogP contribution in [0.2, 0.25) is 0 Å². The molecule has 1 saturated heterocycles. The molecule has 2 heteroatoms. The van der Waals surface area contributed by atoms with Gasteiger partial charge in [0.15, 0.2) is 0 Å². The smallest absolute Gasteiger partial charge is 0.0212 e. The maximum Gasteiger partial charge on any atom is 0.0212 e. The number of hydrogen-bond acceptors (Lipinski definition) is 2. The maximum absolute atomic E-state index is 3.87. The van der Waals surface area contributed by atoms with E-state index in [2.05, 4.69) is 37.9 Å². The van der Waals surface area contributed by atoms with E-state index in [0.29, 0.717) is 6.04 Å². The van der Waals surface area contributed by atoms with Crippen LogP contribution in [-0.4, -0.2) is 35.6 Å². The molecular weight excluding hydrogens is 196 g/mol. The molecule has 0 aromatic rings. The van der Waals surface area contributed by atoms with Gasteiger partial charge in [0.25, 0.3) is 0 Å². The Balaban J connectivity index is 1.82. The average molecular weight is 224 g/mol. The van der Waals surface area contributed by atoms with Crippen molar-refractivity contribution in [2.24, 2.45) is 5.92 Å². The van der Waals surface area contributed by atoms with Crippen LogP contribution in [0.3, 0.4) is 0 Å². The van der Waals surface area contributed by atoms with Crippen molar-refractivity contribution in [2.75, 3.05) is 6.54 Å². The molecule has 1 heterocycles. The number of hydrogen-bond donors (Lipinski definition) is 1. The molecule has 1 aliphatic heterocycles. The van der Waals surface area contributed by atoms with Gasteiger partial charge in [-0.25, -0.2) is 0 Å². The predicted octanol–water partition coefficient (Wildman–Crippen LogP) is 2.64. The van der Waals surface area contributed by atoms with Crippen LogP contribution in [0.5, 0.6) is 0 Å². The molecule has 2 fully saturated rings. The molecule has 2 rings (SSSR count). The minimum absolute atomic E-state index is 0.705. The monoisotopic (exact) mass is 224 g/mol. The lowest BCUT2D eigenvalue weighted by Crippen LogP contribution is -2.42. The highest BCUT2D eigenvalue weighted by molar-refractivity contribution is 4.96. The molecule has 16 heavy (non-hydrogen) atoms. The van der Waals surface area contributed by atoms with Gasteiger partial charge in [-0.3, -0.25) is 4.90 Å². The summed E-state index contributed by atoms with van der Waals surface area (Å²) >= 11 is 0. The molecule has 0 spiro atoms. The lowest BCUT2D eigenvalue weighted by molar-refractivity contribution is 0.251. The molecule has 0 aromatic carbocycles. The maximum atomic E-state index is 3.87. The third-order valence-electron chi connectivity index (χ3n) is 4.33. The molecule has 0 aromatic heterocycles. The molecule has 2 nitrogen and oxygen atoms in total. The third-order valence-corrected chi connectivity index (χ3v) is 4.33. The Morgan fingerprint density at radius 3 is 2.50 bits per heavy atom. The van der Waals surface area contributed by atoms with E-state index in [1.807, 2.05) is 0 Å². The SMILES string of the molecule is CCC(NC1CC(C)N(C2CC2)C1)C(C)C. The van der Waals surface area contributed by atoms with Crippen LogP contribution in [0.25, 0.3) is 0 Å². The van der Waals surface area contributed by atoms with E-state index >= 15 is 0 Å². The van der Waals surface area contributed by atoms with E-state index in [0.717, 1.165) is 24.0 Å². The van der Waals surface area contributed by atoms with Crippen molar-refractivity contribution in [2.45, 2.75) is 77.5 Å². The van der Waals surface area contributed by atoms with Gasteiger partial charge in [0.2, 0.25) is 0 Å². The van der Waals surface area contributed by atoms with Crippen molar-refractivity contribution < 1.29 is 0 Å². The Morgan fingerprint density at radius 1 is 1.31 bits per heavy atom. The van der Waals surface area contributed by atoms with Gasteiger partial charge in [0, 0.05) is 30.7 Å².